The van der Waals surface area contributed by atoms with Crippen LogP contribution in [-0.2, 0) is 19.2 Å². The number of thioether (sulfide) groups is 1. The normalized spacial score (nSPS) is 32.4. The van der Waals surface area contributed by atoms with E-state index in [1.165, 1.54) is 16.7 Å². The molecule has 6 atom stereocenters. The van der Waals surface area contributed by atoms with Crippen LogP contribution >= 0.6 is 11.8 Å². The molecule has 11 heteroatoms. The van der Waals surface area contributed by atoms with Gasteiger partial charge in [-0.05, 0) is 38.6 Å². The number of β-lactam (4-membered cyclic amide) rings is 1. The molecular formula is C25H39N5O5S. The van der Waals surface area contributed by atoms with Crippen LogP contribution in [0, 0.1) is 17.8 Å². The van der Waals surface area contributed by atoms with Gasteiger partial charge in [0.1, 0.15) is 11.5 Å². The Labute approximate surface area is 216 Å². The van der Waals surface area contributed by atoms with E-state index in [2.05, 4.69) is 5.32 Å². The van der Waals surface area contributed by atoms with Crippen LogP contribution in [0.5, 0.6) is 0 Å². The number of hydrogen-bond donors (Lipinski definition) is 4. The number of carbonyl (C=O) groups is 4. The molecule has 0 aromatic heterocycles. The van der Waals surface area contributed by atoms with Gasteiger partial charge in [0.15, 0.2) is 0 Å². The second-order valence-corrected chi connectivity index (χ2v) is 12.5. The summed E-state index contributed by atoms with van der Waals surface area (Å²) in [6.07, 6.45) is 2.71. The molecule has 6 N–H and O–H groups in total. The number of nitrogens with zero attached hydrogens (tertiary/aromatic N) is 2. The number of amides is 2. The lowest BCUT2D eigenvalue weighted by Gasteiger charge is -2.47. The third-order valence-electron chi connectivity index (χ3n) is 8.28. The molecule has 3 saturated heterocycles. The predicted octanol–water partition coefficient (Wildman–Crippen LogP) is 0.507. The average molecular weight is 522 g/mol. The van der Waals surface area contributed by atoms with Crippen molar-refractivity contribution >= 4 is 35.3 Å². The molecule has 4 aliphatic rings. The van der Waals surface area contributed by atoms with Gasteiger partial charge in [0.25, 0.3) is 0 Å². The van der Waals surface area contributed by atoms with Crippen LogP contribution in [-0.4, -0.2) is 87.5 Å². The third kappa shape index (κ3) is 5.07. The zero-order valence-corrected chi connectivity index (χ0v) is 22.2. The fraction of sp³-hybridized carbons (Fsp3) is 0.760. The van der Waals surface area contributed by atoms with E-state index in [-0.39, 0.29) is 83.3 Å². The van der Waals surface area contributed by atoms with Crippen LogP contribution in [0.2, 0.25) is 0 Å². The SMILES string of the molecule is C[C@@H](CC(=O)CCN)[C@H]1C(=O)N2C(C(=O)O)=C(S[C@@H]3CNC(C(=O)N4CCC(C)(N)CC4)C3)[C@H](C)[C@H]12. The first kappa shape index (κ1) is 27.1. The molecule has 10 nitrogen and oxygen atoms in total. The van der Waals surface area contributed by atoms with Gasteiger partial charge in [0.05, 0.1) is 18.0 Å². The molecule has 0 saturated carbocycles. The number of aliphatic carboxylic acids is 1. The smallest absolute Gasteiger partial charge is 0.353 e. The molecule has 0 aromatic rings. The molecule has 0 aliphatic carbocycles. The summed E-state index contributed by atoms with van der Waals surface area (Å²) in [5, 5.41) is 13.3. The summed E-state index contributed by atoms with van der Waals surface area (Å²) in [5.41, 5.74) is 11.5. The van der Waals surface area contributed by atoms with Gasteiger partial charge >= 0.3 is 5.97 Å². The second kappa shape index (κ2) is 10.4. The minimum atomic E-state index is -1.11. The van der Waals surface area contributed by atoms with Gasteiger partial charge in [-0.3, -0.25) is 14.4 Å². The average Bonchev–Trinajstić information content (AvgIpc) is 3.35. The van der Waals surface area contributed by atoms with Crippen molar-refractivity contribution in [3.8, 4) is 0 Å². The van der Waals surface area contributed by atoms with E-state index in [4.69, 9.17) is 11.5 Å². The number of carboxylic acid groups (broad SMARTS) is 1. The van der Waals surface area contributed by atoms with Gasteiger partial charge in [0, 0.05) is 54.1 Å². The molecule has 0 spiro atoms. The highest BCUT2D eigenvalue weighted by atomic mass is 32.2. The molecule has 1 unspecified atom stereocenters. The van der Waals surface area contributed by atoms with E-state index in [0.717, 1.165) is 12.8 Å². The number of nitrogens with two attached hydrogens (primary N) is 2. The maximum Gasteiger partial charge on any atom is 0.353 e. The Morgan fingerprint density at radius 3 is 2.56 bits per heavy atom. The largest absolute Gasteiger partial charge is 0.477 e. The first-order chi connectivity index (χ1) is 16.9. The monoisotopic (exact) mass is 521 g/mol. The minimum absolute atomic E-state index is 0.0282. The summed E-state index contributed by atoms with van der Waals surface area (Å²) in [5.74, 6) is -1.91. The molecule has 200 valence electrons. The summed E-state index contributed by atoms with van der Waals surface area (Å²) in [7, 11) is 0. The number of carboxylic acids is 1. The van der Waals surface area contributed by atoms with Crippen molar-refractivity contribution < 1.29 is 24.3 Å². The molecular weight excluding hydrogens is 482 g/mol. The number of rotatable bonds is 9. The fourth-order valence-corrected chi connectivity index (χ4v) is 7.61. The quantitative estimate of drug-likeness (QED) is 0.317. The Hall–Kier alpha value is -1.95. The lowest BCUT2D eigenvalue weighted by molar-refractivity contribution is -0.160. The van der Waals surface area contributed by atoms with Crippen molar-refractivity contribution in [3.05, 3.63) is 10.6 Å². The summed E-state index contributed by atoms with van der Waals surface area (Å²) < 4.78 is 0. The zero-order valence-electron chi connectivity index (χ0n) is 21.4. The van der Waals surface area contributed by atoms with Gasteiger partial charge in [-0.15, -0.1) is 11.8 Å². The van der Waals surface area contributed by atoms with Crippen molar-refractivity contribution in [2.75, 3.05) is 26.2 Å². The van der Waals surface area contributed by atoms with Gasteiger partial charge in [-0.2, -0.15) is 0 Å². The van der Waals surface area contributed by atoms with Crippen LogP contribution in [0.1, 0.15) is 52.9 Å². The summed E-state index contributed by atoms with van der Waals surface area (Å²) >= 11 is 1.48. The van der Waals surface area contributed by atoms with Crippen molar-refractivity contribution in [2.24, 2.45) is 29.2 Å². The number of Topliss-reactive ketones (excluding diaryl/α,β-unsaturated/α-hetero) is 1. The Morgan fingerprint density at radius 1 is 1.28 bits per heavy atom. The highest BCUT2D eigenvalue weighted by Gasteiger charge is 2.60. The predicted molar refractivity (Wildman–Crippen MR) is 137 cm³/mol. The first-order valence-corrected chi connectivity index (χ1v) is 13.8. The van der Waals surface area contributed by atoms with Crippen molar-refractivity contribution in [2.45, 2.75) is 75.7 Å². The Kier molecular flexibility index (Phi) is 7.85. The highest BCUT2D eigenvalue weighted by Crippen LogP contribution is 2.53. The van der Waals surface area contributed by atoms with E-state index < -0.39 is 5.97 Å². The highest BCUT2D eigenvalue weighted by molar-refractivity contribution is 8.03. The first-order valence-electron chi connectivity index (χ1n) is 12.9. The van der Waals surface area contributed by atoms with Gasteiger partial charge in [0.2, 0.25) is 11.8 Å². The third-order valence-corrected chi connectivity index (χ3v) is 9.79. The maximum atomic E-state index is 13.1. The maximum absolute atomic E-state index is 13.1. The number of ketones is 1. The van der Waals surface area contributed by atoms with Crippen LogP contribution < -0.4 is 16.8 Å². The van der Waals surface area contributed by atoms with Gasteiger partial charge in [-0.1, -0.05) is 13.8 Å². The van der Waals surface area contributed by atoms with E-state index in [1.54, 1.807) is 0 Å². The zero-order chi connectivity index (χ0) is 26.4. The summed E-state index contributed by atoms with van der Waals surface area (Å²) in [6, 6.07) is -0.548. The van der Waals surface area contributed by atoms with Gasteiger partial charge < -0.3 is 31.7 Å². The lowest BCUT2D eigenvalue weighted by Crippen LogP contribution is -2.62. The fourth-order valence-electron chi connectivity index (χ4n) is 6.14. The van der Waals surface area contributed by atoms with E-state index >= 15 is 0 Å². The van der Waals surface area contributed by atoms with Crippen molar-refractivity contribution in [3.63, 3.8) is 0 Å². The van der Waals surface area contributed by atoms with Crippen LogP contribution in [0.25, 0.3) is 0 Å². The number of fused-ring (bicyclic) bond motifs is 1. The number of piperidine rings is 1. The Bertz CT molecular complexity index is 958. The van der Waals surface area contributed by atoms with Crippen LogP contribution in [0.4, 0.5) is 0 Å². The van der Waals surface area contributed by atoms with Crippen molar-refractivity contribution in [1.29, 1.82) is 0 Å². The molecule has 36 heavy (non-hydrogen) atoms. The molecule has 4 aliphatic heterocycles. The molecule has 0 radical (unpaired) electrons. The van der Waals surface area contributed by atoms with E-state index in [1.807, 2.05) is 25.7 Å². The molecule has 0 aromatic carbocycles. The van der Waals surface area contributed by atoms with Crippen LogP contribution in [0.15, 0.2) is 10.6 Å². The molecule has 2 amide bonds. The second-order valence-electron chi connectivity index (χ2n) is 11.2. The Morgan fingerprint density at radius 2 is 1.94 bits per heavy atom. The molecule has 3 fully saturated rings. The van der Waals surface area contributed by atoms with Crippen LogP contribution in [0.3, 0.4) is 0 Å². The standard InChI is InChI=1S/C25H39N5O5S/c1-13(10-15(31)4-7-26)18-19-14(2)21(20(24(34)35)30(19)23(18)33)36-16-11-17(28-12-16)22(32)29-8-5-25(3,27)6-9-29/h13-14,16-19,28H,4-12,26-27H2,1-3H3,(H,34,35)/t13-,14+,16-,17?,18+,19+/m0/s1. The number of likely N-dealkylation sites (tertiary alicyclic amines) is 1. The minimum Gasteiger partial charge on any atom is -0.477 e. The summed E-state index contributed by atoms with van der Waals surface area (Å²) in [4.78, 5) is 54.4. The van der Waals surface area contributed by atoms with Gasteiger partial charge in [-0.25, -0.2) is 4.79 Å². The molecule has 4 heterocycles. The number of hydrogen-bond acceptors (Lipinski definition) is 8. The molecule has 0 bridgehead atoms. The lowest BCUT2D eigenvalue weighted by atomic mass is 9.73. The van der Waals surface area contributed by atoms with Crippen molar-refractivity contribution in [1.82, 2.24) is 15.1 Å². The van der Waals surface area contributed by atoms with E-state index in [0.29, 0.717) is 31.0 Å². The Balaban J connectivity index is 1.41. The summed E-state index contributed by atoms with van der Waals surface area (Å²) in [6.45, 7) is 8.05. The number of carbonyl (C=O) groups excluding carboxylic acids is 3. The van der Waals surface area contributed by atoms with E-state index in [9.17, 15) is 24.3 Å². The molecule has 4 rings (SSSR count). The number of nitrogens with one attached hydrogen (secondary N) is 1. The topological polar surface area (TPSA) is 159 Å².